The summed E-state index contributed by atoms with van der Waals surface area (Å²) in [5, 5.41) is 20.3. The van der Waals surface area contributed by atoms with Gasteiger partial charge in [-0.25, -0.2) is 4.98 Å². The molecule has 0 amide bonds. The van der Waals surface area contributed by atoms with E-state index in [1.807, 2.05) is 6.07 Å². The van der Waals surface area contributed by atoms with Crippen LogP contribution in [0.15, 0.2) is 36.0 Å². The molecule has 0 aliphatic carbocycles. The zero-order valence-electron chi connectivity index (χ0n) is 9.48. The second kappa shape index (κ2) is 4.19. The molecule has 3 aromatic rings. The van der Waals surface area contributed by atoms with Crippen LogP contribution in [0.3, 0.4) is 0 Å². The molecule has 0 spiro atoms. The van der Waals surface area contributed by atoms with Gasteiger partial charge in [0.1, 0.15) is 17.5 Å². The Hall–Kier alpha value is -2.72. The molecule has 19 heavy (non-hydrogen) atoms. The molecule has 0 atom stereocenters. The summed E-state index contributed by atoms with van der Waals surface area (Å²) in [6.45, 7) is 0. The van der Waals surface area contributed by atoms with Crippen LogP contribution >= 0.6 is 11.3 Å². The Balaban J connectivity index is 2.38. The Kier molecular flexibility index (Phi) is 2.51. The van der Waals surface area contributed by atoms with Crippen molar-refractivity contribution in [1.82, 2.24) is 9.55 Å². The van der Waals surface area contributed by atoms with E-state index in [4.69, 9.17) is 5.26 Å². The van der Waals surface area contributed by atoms with Crippen LogP contribution in [0.4, 0.5) is 5.69 Å². The van der Waals surface area contributed by atoms with Crippen LogP contribution in [-0.4, -0.2) is 14.5 Å². The van der Waals surface area contributed by atoms with Gasteiger partial charge in [0.2, 0.25) is 0 Å². The monoisotopic (exact) mass is 270 g/mol. The van der Waals surface area contributed by atoms with Gasteiger partial charge in [0.05, 0.1) is 15.1 Å². The summed E-state index contributed by atoms with van der Waals surface area (Å²) in [5.74, 6) is 0. The van der Waals surface area contributed by atoms with Gasteiger partial charge in [-0.2, -0.15) is 5.26 Å². The third-order valence-corrected chi connectivity index (χ3v) is 3.55. The average molecular weight is 270 g/mol. The first-order valence-corrected chi connectivity index (χ1v) is 6.19. The second-order valence-electron chi connectivity index (χ2n) is 3.76. The van der Waals surface area contributed by atoms with E-state index in [0.29, 0.717) is 16.9 Å². The second-order valence-corrected chi connectivity index (χ2v) is 4.65. The van der Waals surface area contributed by atoms with Gasteiger partial charge in [-0.05, 0) is 24.3 Å². The first kappa shape index (κ1) is 11.4. The fourth-order valence-corrected chi connectivity index (χ4v) is 2.64. The SMILES string of the molecule is N#Cc1cccn1-c1ccc2scnc2c1[N+](=O)[O-]. The number of nitro groups is 1. The highest BCUT2D eigenvalue weighted by molar-refractivity contribution is 7.16. The molecule has 0 N–H and O–H groups in total. The van der Waals surface area contributed by atoms with Gasteiger partial charge in [0.15, 0.2) is 5.52 Å². The van der Waals surface area contributed by atoms with Gasteiger partial charge in [-0.1, -0.05) is 0 Å². The van der Waals surface area contributed by atoms with E-state index in [2.05, 4.69) is 4.98 Å². The number of hydrogen-bond acceptors (Lipinski definition) is 5. The number of thiazole rings is 1. The molecule has 0 saturated heterocycles. The molecular weight excluding hydrogens is 264 g/mol. The van der Waals surface area contributed by atoms with Crippen LogP contribution < -0.4 is 0 Å². The van der Waals surface area contributed by atoms with Crippen molar-refractivity contribution in [3.8, 4) is 11.8 Å². The molecule has 0 unspecified atom stereocenters. The quantitative estimate of drug-likeness (QED) is 0.529. The van der Waals surface area contributed by atoms with E-state index in [-0.39, 0.29) is 5.69 Å². The molecular formula is C12H6N4O2S. The molecule has 0 radical (unpaired) electrons. The number of benzene rings is 1. The van der Waals surface area contributed by atoms with Gasteiger partial charge in [0.25, 0.3) is 0 Å². The smallest absolute Gasteiger partial charge is 0.302 e. The van der Waals surface area contributed by atoms with E-state index < -0.39 is 4.92 Å². The van der Waals surface area contributed by atoms with Crippen molar-refractivity contribution in [3.63, 3.8) is 0 Å². The molecule has 6 nitrogen and oxygen atoms in total. The molecule has 0 fully saturated rings. The lowest BCUT2D eigenvalue weighted by atomic mass is 10.2. The van der Waals surface area contributed by atoms with Crippen molar-refractivity contribution >= 4 is 27.2 Å². The summed E-state index contributed by atoms with van der Waals surface area (Å²) in [6.07, 6.45) is 1.62. The Morgan fingerprint density at radius 1 is 1.42 bits per heavy atom. The third kappa shape index (κ3) is 1.66. The molecule has 0 aliphatic rings. The largest absolute Gasteiger partial charge is 0.320 e. The van der Waals surface area contributed by atoms with Gasteiger partial charge in [-0.3, -0.25) is 10.1 Å². The van der Waals surface area contributed by atoms with E-state index in [9.17, 15) is 10.1 Å². The normalized spacial score (nSPS) is 10.5. The van der Waals surface area contributed by atoms with Crippen LogP contribution in [0, 0.1) is 21.4 Å². The standard InChI is InChI=1S/C12H6N4O2S/c13-6-8-2-1-5-15(8)9-3-4-10-11(14-7-19-10)12(9)16(17)18/h1-5,7H. The molecule has 92 valence electrons. The van der Waals surface area contributed by atoms with E-state index in [1.54, 1.807) is 36.0 Å². The number of nitriles is 1. The minimum absolute atomic E-state index is 0.0774. The van der Waals surface area contributed by atoms with Gasteiger partial charge in [0, 0.05) is 6.20 Å². The fraction of sp³-hybridized carbons (Fsp3) is 0. The predicted molar refractivity (Wildman–Crippen MR) is 70.3 cm³/mol. The first-order valence-electron chi connectivity index (χ1n) is 5.31. The molecule has 3 rings (SSSR count). The van der Waals surface area contributed by atoms with Crippen molar-refractivity contribution in [3.05, 3.63) is 51.8 Å². The Morgan fingerprint density at radius 3 is 3.00 bits per heavy atom. The molecule has 2 aromatic heterocycles. The zero-order valence-corrected chi connectivity index (χ0v) is 10.3. The van der Waals surface area contributed by atoms with E-state index in [0.717, 1.165) is 4.70 Å². The molecule has 0 bridgehead atoms. The summed E-state index contributed by atoms with van der Waals surface area (Å²) in [7, 11) is 0. The lowest BCUT2D eigenvalue weighted by Gasteiger charge is -2.06. The highest BCUT2D eigenvalue weighted by Crippen LogP contribution is 2.33. The number of hydrogen-bond donors (Lipinski definition) is 0. The van der Waals surface area contributed by atoms with Crippen LogP contribution in [0.2, 0.25) is 0 Å². The lowest BCUT2D eigenvalue weighted by Crippen LogP contribution is -2.01. The minimum Gasteiger partial charge on any atom is -0.302 e. The molecule has 7 heteroatoms. The van der Waals surface area contributed by atoms with Crippen molar-refractivity contribution in [2.75, 3.05) is 0 Å². The lowest BCUT2D eigenvalue weighted by molar-refractivity contribution is -0.382. The number of nitro benzene ring substituents is 1. The maximum atomic E-state index is 11.3. The summed E-state index contributed by atoms with van der Waals surface area (Å²) in [4.78, 5) is 14.9. The predicted octanol–water partition coefficient (Wildman–Crippen LogP) is 2.87. The van der Waals surface area contributed by atoms with Crippen molar-refractivity contribution < 1.29 is 4.92 Å². The summed E-state index contributed by atoms with van der Waals surface area (Å²) in [6, 6.07) is 8.70. The summed E-state index contributed by atoms with van der Waals surface area (Å²) >= 11 is 1.34. The van der Waals surface area contributed by atoms with Gasteiger partial charge in [-0.15, -0.1) is 11.3 Å². The van der Waals surface area contributed by atoms with E-state index >= 15 is 0 Å². The Bertz CT molecular complexity index is 828. The summed E-state index contributed by atoms with van der Waals surface area (Å²) in [5.41, 5.74) is 2.54. The number of rotatable bonds is 2. The zero-order chi connectivity index (χ0) is 13.4. The van der Waals surface area contributed by atoms with Crippen LogP contribution in [0.25, 0.3) is 15.9 Å². The van der Waals surface area contributed by atoms with Gasteiger partial charge < -0.3 is 4.57 Å². The van der Waals surface area contributed by atoms with Crippen LogP contribution in [-0.2, 0) is 0 Å². The average Bonchev–Trinajstić information content (AvgIpc) is 3.05. The van der Waals surface area contributed by atoms with Crippen molar-refractivity contribution in [2.45, 2.75) is 0 Å². The number of aromatic nitrogens is 2. The third-order valence-electron chi connectivity index (χ3n) is 2.76. The van der Waals surface area contributed by atoms with Crippen LogP contribution in [0.1, 0.15) is 5.69 Å². The van der Waals surface area contributed by atoms with Gasteiger partial charge >= 0.3 is 5.69 Å². The number of fused-ring (bicyclic) bond motifs is 1. The molecule has 0 saturated carbocycles. The molecule has 1 aromatic carbocycles. The maximum Gasteiger partial charge on any atom is 0.320 e. The Labute approximate surface area is 111 Å². The fourth-order valence-electron chi connectivity index (χ4n) is 1.96. The highest BCUT2D eigenvalue weighted by Gasteiger charge is 2.22. The first-order chi connectivity index (χ1) is 9.22. The topological polar surface area (TPSA) is 84.8 Å². The summed E-state index contributed by atoms with van der Waals surface area (Å²) < 4.78 is 2.25. The molecule has 0 aliphatic heterocycles. The molecule has 2 heterocycles. The van der Waals surface area contributed by atoms with Crippen molar-refractivity contribution in [2.24, 2.45) is 0 Å². The maximum absolute atomic E-state index is 11.3. The van der Waals surface area contributed by atoms with E-state index in [1.165, 1.54) is 15.9 Å². The Morgan fingerprint density at radius 2 is 2.26 bits per heavy atom. The number of nitrogens with zero attached hydrogens (tertiary/aromatic N) is 4. The highest BCUT2D eigenvalue weighted by atomic mass is 32.1. The van der Waals surface area contributed by atoms with Crippen LogP contribution in [0.5, 0.6) is 0 Å². The minimum atomic E-state index is -0.460. The van der Waals surface area contributed by atoms with Crippen molar-refractivity contribution in [1.29, 1.82) is 5.26 Å².